The molecule has 1 heterocycles. The molecule has 1 aromatic heterocycles. The third-order valence-electron chi connectivity index (χ3n) is 2.49. The van der Waals surface area contributed by atoms with Crippen molar-refractivity contribution in [3.05, 3.63) is 44.8 Å². The van der Waals surface area contributed by atoms with Gasteiger partial charge in [0.2, 0.25) is 0 Å². The molecule has 0 spiro atoms. The second kappa shape index (κ2) is 5.98. The number of benzene rings is 1. The summed E-state index contributed by atoms with van der Waals surface area (Å²) >= 11 is 8.67. The van der Waals surface area contributed by atoms with Crippen molar-refractivity contribution in [2.45, 2.75) is 11.9 Å². The maximum absolute atomic E-state index is 4.31. The minimum Gasteiger partial charge on any atom is -0.368 e. The average molecular weight is 376 g/mol. The second-order valence-electron chi connectivity index (χ2n) is 3.74. The number of aromatic nitrogens is 1. The van der Waals surface area contributed by atoms with Gasteiger partial charge < -0.3 is 4.90 Å². The molecule has 0 saturated heterocycles. The zero-order valence-electron chi connectivity index (χ0n) is 9.36. The summed E-state index contributed by atoms with van der Waals surface area (Å²) in [6.45, 7) is 0.833. The fraction of sp³-hybridized carbons (Fsp3) is 0.250. The van der Waals surface area contributed by atoms with Gasteiger partial charge in [-0.2, -0.15) is 0 Å². The van der Waals surface area contributed by atoms with Crippen molar-refractivity contribution in [2.75, 3.05) is 11.9 Å². The molecule has 0 saturated carbocycles. The van der Waals surface area contributed by atoms with Crippen LogP contribution in [0.3, 0.4) is 0 Å². The molecule has 0 aliphatic heterocycles. The van der Waals surface area contributed by atoms with E-state index in [1.165, 1.54) is 11.3 Å². The van der Waals surface area contributed by atoms with Gasteiger partial charge in [0.1, 0.15) is 0 Å². The Bertz CT molecular complexity index is 485. The van der Waals surface area contributed by atoms with Gasteiger partial charge in [0.05, 0.1) is 17.7 Å². The first-order chi connectivity index (χ1) is 8.20. The molecule has 0 aliphatic carbocycles. The maximum Gasteiger partial charge on any atom is 0.0795 e. The number of halogens is 2. The molecular weight excluding hydrogens is 364 g/mol. The summed E-state index contributed by atoms with van der Waals surface area (Å²) in [6, 6.07) is 6.34. The Labute approximate surface area is 122 Å². The molecular formula is C12H12Br2N2S. The molecule has 0 radical (unpaired) electrons. The van der Waals surface area contributed by atoms with Crippen molar-refractivity contribution in [1.29, 1.82) is 0 Å². The van der Waals surface area contributed by atoms with Gasteiger partial charge in [0.25, 0.3) is 0 Å². The van der Waals surface area contributed by atoms with E-state index in [1.54, 1.807) is 11.3 Å². The molecule has 0 aliphatic rings. The molecule has 0 unspecified atom stereocenters. The lowest BCUT2D eigenvalue weighted by molar-refractivity contribution is 0.889. The van der Waals surface area contributed by atoms with Gasteiger partial charge in [-0.25, -0.2) is 4.98 Å². The van der Waals surface area contributed by atoms with Crippen molar-refractivity contribution in [1.82, 2.24) is 4.98 Å². The second-order valence-corrected chi connectivity index (χ2v) is 5.94. The Kier molecular flexibility index (Phi) is 4.59. The number of alkyl halides is 1. The third kappa shape index (κ3) is 3.30. The van der Waals surface area contributed by atoms with E-state index in [0.717, 1.165) is 22.0 Å². The molecule has 90 valence electrons. The van der Waals surface area contributed by atoms with Gasteiger partial charge in [0.15, 0.2) is 0 Å². The van der Waals surface area contributed by atoms with Crippen LogP contribution < -0.4 is 4.90 Å². The summed E-state index contributed by atoms with van der Waals surface area (Å²) in [6.07, 6.45) is 0. The largest absolute Gasteiger partial charge is 0.368 e. The van der Waals surface area contributed by atoms with Crippen LogP contribution in [0.15, 0.2) is 33.6 Å². The van der Waals surface area contributed by atoms with Gasteiger partial charge >= 0.3 is 0 Å². The minimum absolute atomic E-state index is 0.833. The number of nitrogens with zero attached hydrogens (tertiary/aromatic N) is 2. The third-order valence-corrected chi connectivity index (χ3v) is 4.22. The highest BCUT2D eigenvalue weighted by atomic mass is 79.9. The van der Waals surface area contributed by atoms with Crippen LogP contribution >= 0.6 is 43.2 Å². The van der Waals surface area contributed by atoms with Crippen LogP contribution in [-0.4, -0.2) is 12.0 Å². The predicted octanol–water partition coefficient (Wildman–Crippen LogP) is 4.44. The monoisotopic (exact) mass is 374 g/mol. The molecule has 0 fully saturated rings. The zero-order valence-corrected chi connectivity index (χ0v) is 13.3. The lowest BCUT2D eigenvalue weighted by Gasteiger charge is -2.21. The SMILES string of the molecule is CN(Cc1cscn1)c1cc(Br)ccc1CBr. The molecule has 5 heteroatoms. The van der Waals surface area contributed by atoms with Gasteiger partial charge in [-0.1, -0.05) is 37.9 Å². The number of rotatable bonds is 4. The van der Waals surface area contributed by atoms with Gasteiger partial charge in [-0.3, -0.25) is 0 Å². The first-order valence-corrected chi connectivity index (χ1v) is 7.99. The van der Waals surface area contributed by atoms with Crippen LogP contribution in [0.25, 0.3) is 0 Å². The Hall–Kier alpha value is -0.390. The van der Waals surface area contributed by atoms with E-state index >= 15 is 0 Å². The van der Waals surface area contributed by atoms with E-state index in [9.17, 15) is 0 Å². The van der Waals surface area contributed by atoms with E-state index in [1.807, 2.05) is 5.51 Å². The van der Waals surface area contributed by atoms with Gasteiger partial charge in [-0.05, 0) is 17.7 Å². The topological polar surface area (TPSA) is 16.1 Å². The summed E-state index contributed by atoms with van der Waals surface area (Å²) in [4.78, 5) is 6.53. The first-order valence-electron chi connectivity index (χ1n) is 5.13. The number of thiazole rings is 1. The molecule has 2 aromatic rings. The lowest BCUT2D eigenvalue weighted by atomic mass is 10.2. The smallest absolute Gasteiger partial charge is 0.0795 e. The van der Waals surface area contributed by atoms with E-state index < -0.39 is 0 Å². The van der Waals surface area contributed by atoms with E-state index in [0.29, 0.717) is 0 Å². The van der Waals surface area contributed by atoms with E-state index in [2.05, 4.69) is 72.4 Å². The normalized spacial score (nSPS) is 10.5. The van der Waals surface area contributed by atoms with Gasteiger partial charge in [-0.15, -0.1) is 11.3 Å². The molecule has 0 amide bonds. The Balaban J connectivity index is 2.23. The van der Waals surface area contributed by atoms with Crippen LogP contribution in [0, 0.1) is 0 Å². The zero-order chi connectivity index (χ0) is 12.3. The van der Waals surface area contributed by atoms with Crippen molar-refractivity contribution < 1.29 is 0 Å². The van der Waals surface area contributed by atoms with Crippen molar-refractivity contribution in [2.24, 2.45) is 0 Å². The lowest BCUT2D eigenvalue weighted by Crippen LogP contribution is -2.18. The Morgan fingerprint density at radius 3 is 2.88 bits per heavy atom. The van der Waals surface area contributed by atoms with Crippen LogP contribution in [0.1, 0.15) is 11.3 Å². The van der Waals surface area contributed by atoms with E-state index in [-0.39, 0.29) is 0 Å². The van der Waals surface area contributed by atoms with Crippen LogP contribution in [0.5, 0.6) is 0 Å². The highest BCUT2D eigenvalue weighted by Gasteiger charge is 2.08. The molecule has 1 aromatic carbocycles. The first kappa shape index (κ1) is 13.1. The molecule has 2 rings (SSSR count). The molecule has 17 heavy (non-hydrogen) atoms. The van der Waals surface area contributed by atoms with Crippen molar-refractivity contribution in [3.63, 3.8) is 0 Å². The summed E-state index contributed by atoms with van der Waals surface area (Å²) < 4.78 is 1.10. The molecule has 2 nitrogen and oxygen atoms in total. The van der Waals surface area contributed by atoms with E-state index in [4.69, 9.17) is 0 Å². The molecule has 0 N–H and O–H groups in total. The summed E-state index contributed by atoms with van der Waals surface area (Å²) in [7, 11) is 2.09. The maximum atomic E-state index is 4.31. The van der Waals surface area contributed by atoms with Crippen molar-refractivity contribution in [3.8, 4) is 0 Å². The highest BCUT2D eigenvalue weighted by Crippen LogP contribution is 2.27. The number of hydrogen-bond acceptors (Lipinski definition) is 3. The minimum atomic E-state index is 0.833. The van der Waals surface area contributed by atoms with Crippen LogP contribution in [0.4, 0.5) is 5.69 Å². The van der Waals surface area contributed by atoms with Crippen molar-refractivity contribution >= 4 is 48.9 Å². The Morgan fingerprint density at radius 1 is 1.41 bits per heavy atom. The quantitative estimate of drug-likeness (QED) is 0.734. The Morgan fingerprint density at radius 2 is 2.24 bits per heavy atom. The fourth-order valence-electron chi connectivity index (χ4n) is 1.65. The molecule has 0 bridgehead atoms. The summed E-state index contributed by atoms with van der Waals surface area (Å²) in [5, 5.41) is 2.94. The van der Waals surface area contributed by atoms with Gasteiger partial charge in [0, 0.05) is 27.9 Å². The standard InChI is InChI=1S/C12H12Br2N2S/c1-16(6-11-7-17-8-15-11)12-4-10(14)3-2-9(12)5-13/h2-4,7-8H,5-6H2,1H3. The predicted molar refractivity (Wildman–Crippen MR) is 81.0 cm³/mol. The fourth-order valence-corrected chi connectivity index (χ4v) is 3.02. The highest BCUT2D eigenvalue weighted by molar-refractivity contribution is 9.10. The molecule has 0 atom stereocenters. The van der Waals surface area contributed by atoms with Crippen LogP contribution in [0.2, 0.25) is 0 Å². The summed E-state index contributed by atoms with van der Waals surface area (Å²) in [5.41, 5.74) is 5.49. The average Bonchev–Trinajstić information content (AvgIpc) is 2.81. The van der Waals surface area contributed by atoms with Crippen LogP contribution in [-0.2, 0) is 11.9 Å². The number of anilines is 1. The summed E-state index contributed by atoms with van der Waals surface area (Å²) in [5.74, 6) is 0. The number of hydrogen-bond donors (Lipinski definition) is 0.